The number of carbonyl (C=O) groups excluding carboxylic acids is 1. The van der Waals surface area contributed by atoms with Crippen LogP contribution < -0.4 is 5.73 Å². The Hall–Kier alpha value is -2.29. The molecular weight excluding hydrogens is 226 g/mol. The molecule has 0 aliphatic heterocycles. The monoisotopic (exact) mass is 241 g/mol. The minimum atomic E-state index is -0.346. The van der Waals surface area contributed by atoms with E-state index in [-0.39, 0.29) is 5.97 Å². The zero-order valence-electron chi connectivity index (χ0n) is 10.3. The van der Waals surface area contributed by atoms with Gasteiger partial charge in [0.25, 0.3) is 0 Å². The Kier molecular flexibility index (Phi) is 3.33. The topological polar surface area (TPSA) is 52.3 Å². The van der Waals surface area contributed by atoms with E-state index in [4.69, 9.17) is 10.5 Å². The summed E-state index contributed by atoms with van der Waals surface area (Å²) in [4.78, 5) is 11.6. The number of methoxy groups -OCH3 is 1. The maximum absolute atomic E-state index is 11.6. The number of nitrogens with two attached hydrogens (primary N) is 1. The third-order valence-electron chi connectivity index (χ3n) is 2.90. The molecule has 0 aromatic heterocycles. The van der Waals surface area contributed by atoms with Gasteiger partial charge in [0.2, 0.25) is 0 Å². The van der Waals surface area contributed by atoms with Crippen molar-refractivity contribution in [3.8, 4) is 0 Å². The van der Waals surface area contributed by atoms with Gasteiger partial charge in [0.05, 0.1) is 12.7 Å². The fourth-order valence-corrected chi connectivity index (χ4v) is 1.85. The van der Waals surface area contributed by atoms with E-state index in [1.807, 2.05) is 36.4 Å². The van der Waals surface area contributed by atoms with Crippen molar-refractivity contribution >= 4 is 17.2 Å². The van der Waals surface area contributed by atoms with E-state index in [9.17, 15) is 4.79 Å². The van der Waals surface area contributed by atoms with Crippen LogP contribution in [0.15, 0.2) is 54.1 Å². The van der Waals surface area contributed by atoms with E-state index in [1.54, 1.807) is 0 Å². The second kappa shape index (κ2) is 4.92. The lowest BCUT2D eigenvalue weighted by atomic mass is 9.91. The van der Waals surface area contributed by atoms with Crippen molar-refractivity contribution in [1.29, 1.82) is 0 Å². The molecule has 0 radical (unpaired) electrons. The third-order valence-corrected chi connectivity index (χ3v) is 2.90. The number of hydrogen-bond donors (Lipinski definition) is 1. The molecule has 1 aliphatic rings. The van der Waals surface area contributed by atoms with Gasteiger partial charge in [0.1, 0.15) is 0 Å². The molecule has 1 aromatic rings. The van der Waals surface area contributed by atoms with Crippen molar-refractivity contribution in [3.63, 3.8) is 0 Å². The number of ether oxygens (including phenoxy) is 1. The Morgan fingerprint density at radius 2 is 2.00 bits per heavy atom. The summed E-state index contributed by atoms with van der Waals surface area (Å²) < 4.78 is 4.75. The van der Waals surface area contributed by atoms with Gasteiger partial charge in [-0.3, -0.25) is 0 Å². The van der Waals surface area contributed by atoms with E-state index >= 15 is 0 Å². The largest absolute Gasteiger partial charge is 0.465 e. The lowest BCUT2D eigenvalue weighted by Crippen LogP contribution is -2.09. The van der Waals surface area contributed by atoms with Gasteiger partial charge >= 0.3 is 5.97 Å². The molecular formula is C15H15NO2. The standard InChI is InChI=1S/C15H15NO2/c1-10-3-4-12(9-14(10)15(17)18-2)11-5-7-13(16)8-6-11/h4-9H,1,3,16H2,2H3. The van der Waals surface area contributed by atoms with Gasteiger partial charge in [-0.1, -0.05) is 24.8 Å². The SMILES string of the molecule is C=C1CC=C(c2ccc(N)cc2)C=C1C(=O)OC. The lowest BCUT2D eigenvalue weighted by molar-refractivity contribution is -0.135. The summed E-state index contributed by atoms with van der Waals surface area (Å²) in [6, 6.07) is 7.54. The van der Waals surface area contributed by atoms with Crippen LogP contribution in [0.4, 0.5) is 5.69 Å². The molecule has 3 heteroatoms. The zero-order valence-corrected chi connectivity index (χ0v) is 10.3. The van der Waals surface area contributed by atoms with Crippen LogP contribution in [0.5, 0.6) is 0 Å². The van der Waals surface area contributed by atoms with Crippen LogP contribution in [0.1, 0.15) is 12.0 Å². The summed E-state index contributed by atoms with van der Waals surface area (Å²) in [7, 11) is 1.37. The minimum Gasteiger partial charge on any atom is -0.465 e. The van der Waals surface area contributed by atoms with Gasteiger partial charge in [0.15, 0.2) is 0 Å². The number of benzene rings is 1. The Morgan fingerprint density at radius 1 is 1.33 bits per heavy atom. The van der Waals surface area contributed by atoms with Crippen molar-refractivity contribution in [3.05, 3.63) is 59.7 Å². The summed E-state index contributed by atoms with van der Waals surface area (Å²) in [6.07, 6.45) is 4.50. The molecule has 1 aromatic carbocycles. The predicted octanol–water partition coefficient (Wildman–Crippen LogP) is 2.71. The highest BCUT2D eigenvalue weighted by Gasteiger charge is 2.17. The summed E-state index contributed by atoms with van der Waals surface area (Å²) in [5.41, 5.74) is 9.70. The summed E-state index contributed by atoms with van der Waals surface area (Å²) >= 11 is 0. The molecule has 0 amide bonds. The molecule has 0 spiro atoms. The van der Waals surface area contributed by atoms with E-state index in [0.717, 1.165) is 22.4 Å². The highest BCUT2D eigenvalue weighted by atomic mass is 16.5. The molecule has 0 fully saturated rings. The molecule has 0 bridgehead atoms. The van der Waals surface area contributed by atoms with Crippen LogP contribution in [0.3, 0.4) is 0 Å². The van der Waals surface area contributed by atoms with Gasteiger partial charge in [0, 0.05) is 5.69 Å². The first-order chi connectivity index (χ1) is 8.61. The number of esters is 1. The number of nitrogen functional groups attached to an aromatic ring is 1. The number of carbonyl (C=O) groups is 1. The van der Waals surface area contributed by atoms with Crippen LogP contribution >= 0.6 is 0 Å². The van der Waals surface area contributed by atoms with Gasteiger partial charge in [-0.15, -0.1) is 0 Å². The molecule has 0 saturated carbocycles. The van der Waals surface area contributed by atoms with Crippen LogP contribution in [0.25, 0.3) is 5.57 Å². The van der Waals surface area contributed by atoms with Crippen molar-refractivity contribution < 1.29 is 9.53 Å². The molecule has 0 atom stereocenters. The van der Waals surface area contributed by atoms with E-state index in [0.29, 0.717) is 12.0 Å². The summed E-state index contributed by atoms with van der Waals surface area (Å²) in [5.74, 6) is -0.346. The quantitative estimate of drug-likeness (QED) is 0.639. The predicted molar refractivity (Wildman–Crippen MR) is 72.7 cm³/mol. The molecule has 92 valence electrons. The number of anilines is 1. The maximum Gasteiger partial charge on any atom is 0.338 e. The van der Waals surface area contributed by atoms with Crippen molar-refractivity contribution in [2.24, 2.45) is 0 Å². The number of allylic oxidation sites excluding steroid dienone is 3. The molecule has 2 N–H and O–H groups in total. The van der Waals surface area contributed by atoms with Crippen LogP contribution in [0.2, 0.25) is 0 Å². The zero-order chi connectivity index (χ0) is 13.1. The number of rotatable bonds is 2. The first-order valence-electron chi connectivity index (χ1n) is 5.66. The summed E-state index contributed by atoms with van der Waals surface area (Å²) in [6.45, 7) is 3.87. The molecule has 0 unspecified atom stereocenters. The second-order valence-electron chi connectivity index (χ2n) is 4.14. The minimum absolute atomic E-state index is 0.346. The van der Waals surface area contributed by atoms with Crippen molar-refractivity contribution in [2.75, 3.05) is 12.8 Å². The molecule has 0 saturated heterocycles. The fourth-order valence-electron chi connectivity index (χ4n) is 1.85. The highest BCUT2D eigenvalue weighted by Crippen LogP contribution is 2.28. The van der Waals surface area contributed by atoms with Gasteiger partial charge < -0.3 is 10.5 Å². The van der Waals surface area contributed by atoms with E-state index < -0.39 is 0 Å². The maximum atomic E-state index is 11.6. The average Bonchev–Trinajstić information content (AvgIpc) is 2.39. The Morgan fingerprint density at radius 3 is 2.61 bits per heavy atom. The van der Waals surface area contributed by atoms with Gasteiger partial charge in [-0.2, -0.15) is 0 Å². The van der Waals surface area contributed by atoms with Crippen LogP contribution in [-0.4, -0.2) is 13.1 Å². The molecule has 18 heavy (non-hydrogen) atoms. The molecule has 3 nitrogen and oxygen atoms in total. The lowest BCUT2D eigenvalue weighted by Gasteiger charge is -2.15. The van der Waals surface area contributed by atoms with Gasteiger partial charge in [-0.25, -0.2) is 4.79 Å². The first-order valence-corrected chi connectivity index (χ1v) is 5.66. The Balaban J connectivity index is 2.35. The Labute approximate surface area is 106 Å². The average molecular weight is 241 g/mol. The number of hydrogen-bond acceptors (Lipinski definition) is 3. The van der Waals surface area contributed by atoms with Crippen molar-refractivity contribution in [2.45, 2.75) is 6.42 Å². The van der Waals surface area contributed by atoms with Gasteiger partial charge in [-0.05, 0) is 41.3 Å². The van der Waals surface area contributed by atoms with E-state index in [1.165, 1.54) is 7.11 Å². The third kappa shape index (κ3) is 2.35. The van der Waals surface area contributed by atoms with Crippen molar-refractivity contribution in [1.82, 2.24) is 0 Å². The highest BCUT2D eigenvalue weighted by molar-refractivity contribution is 5.98. The fraction of sp³-hybridized carbons (Fsp3) is 0.133. The second-order valence-corrected chi connectivity index (χ2v) is 4.14. The molecule has 0 heterocycles. The Bertz CT molecular complexity index is 550. The normalized spacial score (nSPS) is 14.8. The molecule has 2 rings (SSSR count). The van der Waals surface area contributed by atoms with E-state index in [2.05, 4.69) is 6.58 Å². The molecule has 1 aliphatic carbocycles. The smallest absolute Gasteiger partial charge is 0.338 e. The summed E-state index contributed by atoms with van der Waals surface area (Å²) in [5, 5.41) is 0. The first kappa shape index (κ1) is 12.2. The van der Waals surface area contributed by atoms with Crippen LogP contribution in [-0.2, 0) is 9.53 Å². The van der Waals surface area contributed by atoms with Crippen LogP contribution in [0, 0.1) is 0 Å².